The van der Waals surface area contributed by atoms with Gasteiger partial charge in [-0.05, 0) is 63.9 Å². The summed E-state index contributed by atoms with van der Waals surface area (Å²) in [5.74, 6) is 0.457. The highest BCUT2D eigenvalue weighted by molar-refractivity contribution is 6.30. The smallest absolute Gasteiger partial charge is 0.264 e. The Morgan fingerprint density at radius 2 is 1.58 bits per heavy atom. The minimum Gasteiger partial charge on any atom is -0.478 e. The Morgan fingerprint density at radius 1 is 1.00 bits per heavy atom. The number of amides is 1. The lowest BCUT2D eigenvalue weighted by Gasteiger charge is -2.32. The van der Waals surface area contributed by atoms with Crippen LogP contribution in [0.4, 0.5) is 0 Å². The summed E-state index contributed by atoms with van der Waals surface area (Å²) >= 11 is 5.87. The van der Waals surface area contributed by atoms with Gasteiger partial charge < -0.3 is 10.1 Å². The number of halogens is 1. The van der Waals surface area contributed by atoms with Crippen LogP contribution >= 0.6 is 11.6 Å². The number of carbonyl (C=O) groups is 1. The van der Waals surface area contributed by atoms with E-state index in [1.54, 1.807) is 38.1 Å². The summed E-state index contributed by atoms with van der Waals surface area (Å²) in [7, 11) is 0. The molecule has 0 saturated carbocycles. The minimum absolute atomic E-state index is 0.154. The van der Waals surface area contributed by atoms with Crippen molar-refractivity contribution in [3.63, 3.8) is 0 Å². The van der Waals surface area contributed by atoms with Crippen LogP contribution in [0.5, 0.6) is 5.75 Å². The van der Waals surface area contributed by atoms with E-state index in [1.165, 1.54) is 5.56 Å². The maximum atomic E-state index is 12.7. The van der Waals surface area contributed by atoms with E-state index in [-0.39, 0.29) is 11.4 Å². The molecule has 0 aliphatic heterocycles. The summed E-state index contributed by atoms with van der Waals surface area (Å²) in [6.45, 7) is 7.54. The first kappa shape index (κ1) is 18.3. The Bertz CT molecular complexity index is 679. The average molecular weight is 346 g/mol. The molecule has 128 valence electrons. The van der Waals surface area contributed by atoms with E-state index >= 15 is 0 Å². The number of benzene rings is 2. The molecule has 0 fully saturated rings. The summed E-state index contributed by atoms with van der Waals surface area (Å²) < 4.78 is 5.84. The maximum absolute atomic E-state index is 12.7. The van der Waals surface area contributed by atoms with Crippen LogP contribution in [-0.2, 0) is 11.2 Å². The molecule has 0 saturated heterocycles. The van der Waals surface area contributed by atoms with Gasteiger partial charge in [-0.15, -0.1) is 0 Å². The molecule has 0 bridgehead atoms. The summed E-state index contributed by atoms with van der Waals surface area (Å²) in [6, 6.07) is 17.1. The van der Waals surface area contributed by atoms with Gasteiger partial charge >= 0.3 is 0 Å². The van der Waals surface area contributed by atoms with Crippen molar-refractivity contribution >= 4 is 17.5 Å². The van der Waals surface area contributed by atoms with E-state index in [1.807, 2.05) is 32.0 Å². The highest BCUT2D eigenvalue weighted by Crippen LogP contribution is 2.22. The maximum Gasteiger partial charge on any atom is 0.264 e. The lowest BCUT2D eigenvalue weighted by molar-refractivity contribution is -0.135. The van der Waals surface area contributed by atoms with Crippen molar-refractivity contribution in [1.29, 1.82) is 0 Å². The Hall–Kier alpha value is -2.00. The SMILES string of the molecule is CC(C)(Cc1ccccc1)NC(=O)C(C)(C)Oc1ccc(Cl)cc1. The monoisotopic (exact) mass is 345 g/mol. The fourth-order valence-corrected chi connectivity index (χ4v) is 2.58. The van der Waals surface area contributed by atoms with Crippen molar-refractivity contribution in [3.05, 3.63) is 65.2 Å². The van der Waals surface area contributed by atoms with E-state index < -0.39 is 5.60 Å². The number of hydrogen-bond donors (Lipinski definition) is 1. The molecule has 0 unspecified atom stereocenters. The van der Waals surface area contributed by atoms with Crippen LogP contribution in [-0.4, -0.2) is 17.0 Å². The van der Waals surface area contributed by atoms with E-state index in [0.29, 0.717) is 10.8 Å². The molecule has 2 rings (SSSR count). The summed E-state index contributed by atoms with van der Waals surface area (Å²) in [6.07, 6.45) is 0.747. The Labute approximate surface area is 149 Å². The predicted molar refractivity (Wildman–Crippen MR) is 98.5 cm³/mol. The van der Waals surface area contributed by atoms with Gasteiger partial charge in [0.2, 0.25) is 0 Å². The first-order valence-corrected chi connectivity index (χ1v) is 8.37. The van der Waals surface area contributed by atoms with Crippen molar-refractivity contribution < 1.29 is 9.53 Å². The van der Waals surface area contributed by atoms with Gasteiger partial charge in [-0.25, -0.2) is 0 Å². The largest absolute Gasteiger partial charge is 0.478 e. The number of nitrogens with one attached hydrogen (secondary N) is 1. The van der Waals surface area contributed by atoms with Crippen LogP contribution < -0.4 is 10.1 Å². The van der Waals surface area contributed by atoms with Crippen molar-refractivity contribution in [2.24, 2.45) is 0 Å². The van der Waals surface area contributed by atoms with Gasteiger partial charge in [0.1, 0.15) is 5.75 Å². The number of carbonyl (C=O) groups excluding carboxylic acids is 1. The van der Waals surface area contributed by atoms with Gasteiger partial charge in [0.25, 0.3) is 5.91 Å². The molecule has 2 aromatic carbocycles. The van der Waals surface area contributed by atoms with Crippen molar-refractivity contribution in [1.82, 2.24) is 5.32 Å². The third-order valence-corrected chi connectivity index (χ3v) is 3.93. The molecule has 0 atom stereocenters. The number of rotatable bonds is 6. The van der Waals surface area contributed by atoms with Gasteiger partial charge in [0, 0.05) is 10.6 Å². The van der Waals surface area contributed by atoms with Crippen LogP contribution in [0, 0.1) is 0 Å². The Kier molecular flexibility index (Phi) is 5.55. The summed E-state index contributed by atoms with van der Waals surface area (Å²) in [4.78, 5) is 12.7. The molecule has 0 aromatic heterocycles. The average Bonchev–Trinajstić information content (AvgIpc) is 2.49. The summed E-state index contributed by atoms with van der Waals surface area (Å²) in [5.41, 5.74) is -0.180. The first-order valence-electron chi connectivity index (χ1n) is 7.99. The highest BCUT2D eigenvalue weighted by Gasteiger charge is 2.34. The molecule has 24 heavy (non-hydrogen) atoms. The molecule has 0 radical (unpaired) electrons. The summed E-state index contributed by atoms with van der Waals surface area (Å²) in [5, 5.41) is 3.72. The second kappa shape index (κ2) is 7.27. The minimum atomic E-state index is -0.984. The molecular weight excluding hydrogens is 322 g/mol. The third kappa shape index (κ3) is 5.27. The van der Waals surface area contributed by atoms with Crippen LogP contribution in [0.1, 0.15) is 33.3 Å². The lowest BCUT2D eigenvalue weighted by atomic mass is 9.93. The van der Waals surface area contributed by atoms with Gasteiger partial charge in [0.15, 0.2) is 5.60 Å². The molecule has 0 aliphatic rings. The van der Waals surface area contributed by atoms with Crippen LogP contribution in [0.2, 0.25) is 5.02 Å². The third-order valence-electron chi connectivity index (χ3n) is 3.67. The van der Waals surface area contributed by atoms with Crippen LogP contribution in [0.15, 0.2) is 54.6 Å². The Morgan fingerprint density at radius 3 is 2.17 bits per heavy atom. The molecule has 0 spiro atoms. The van der Waals surface area contributed by atoms with E-state index in [4.69, 9.17) is 16.3 Å². The quantitative estimate of drug-likeness (QED) is 0.828. The first-order chi connectivity index (χ1) is 11.2. The van der Waals surface area contributed by atoms with Crippen molar-refractivity contribution in [2.75, 3.05) is 0 Å². The molecule has 1 amide bonds. The van der Waals surface area contributed by atoms with Gasteiger partial charge in [-0.1, -0.05) is 41.9 Å². The number of hydrogen-bond acceptors (Lipinski definition) is 2. The zero-order valence-electron chi connectivity index (χ0n) is 14.6. The fraction of sp³-hybridized carbons (Fsp3) is 0.350. The van der Waals surface area contributed by atoms with Crippen molar-refractivity contribution in [3.8, 4) is 5.75 Å². The molecule has 3 nitrogen and oxygen atoms in total. The standard InChI is InChI=1S/C20H24ClNO2/c1-19(2,14-15-8-6-5-7-9-15)22-18(23)20(3,4)24-17-12-10-16(21)11-13-17/h5-13H,14H2,1-4H3,(H,22,23). The molecule has 2 aromatic rings. The fourth-order valence-electron chi connectivity index (χ4n) is 2.45. The van der Waals surface area contributed by atoms with Gasteiger partial charge in [0.05, 0.1) is 0 Å². The zero-order valence-corrected chi connectivity index (χ0v) is 15.4. The topological polar surface area (TPSA) is 38.3 Å². The lowest BCUT2D eigenvalue weighted by Crippen LogP contribution is -2.54. The molecule has 4 heteroatoms. The normalized spacial score (nSPS) is 11.9. The molecule has 1 N–H and O–H groups in total. The van der Waals surface area contributed by atoms with Gasteiger partial charge in [-0.3, -0.25) is 4.79 Å². The molecule has 0 heterocycles. The molecular formula is C20H24ClNO2. The van der Waals surface area contributed by atoms with E-state index in [2.05, 4.69) is 17.4 Å². The molecule has 0 aliphatic carbocycles. The predicted octanol–water partition coefficient (Wildman–Crippen LogP) is 4.63. The highest BCUT2D eigenvalue weighted by atomic mass is 35.5. The number of ether oxygens (including phenoxy) is 1. The van der Waals surface area contributed by atoms with Crippen LogP contribution in [0.25, 0.3) is 0 Å². The van der Waals surface area contributed by atoms with Crippen LogP contribution in [0.3, 0.4) is 0 Å². The zero-order chi connectivity index (χ0) is 17.8. The Balaban J connectivity index is 2.02. The second-order valence-electron chi connectivity index (χ2n) is 7.07. The second-order valence-corrected chi connectivity index (χ2v) is 7.50. The van der Waals surface area contributed by atoms with E-state index in [9.17, 15) is 4.79 Å². The van der Waals surface area contributed by atoms with E-state index in [0.717, 1.165) is 6.42 Å². The van der Waals surface area contributed by atoms with Crippen molar-refractivity contribution in [2.45, 2.75) is 45.3 Å². The van der Waals surface area contributed by atoms with Gasteiger partial charge in [-0.2, -0.15) is 0 Å².